The van der Waals surface area contributed by atoms with Gasteiger partial charge in [0.25, 0.3) is 0 Å². The van der Waals surface area contributed by atoms with Crippen LogP contribution >= 0.6 is 0 Å². The third-order valence-electron chi connectivity index (χ3n) is 3.22. The average molecular weight is 204 g/mol. The largest absolute Gasteiger partial charge is 0.427 e. The van der Waals surface area contributed by atoms with Crippen molar-refractivity contribution in [1.82, 2.24) is 0 Å². The van der Waals surface area contributed by atoms with Gasteiger partial charge in [-0.2, -0.15) is 0 Å². The summed E-state index contributed by atoms with van der Waals surface area (Å²) >= 11 is 0. The van der Waals surface area contributed by atoms with Gasteiger partial charge >= 0.3 is 5.63 Å². The zero-order valence-corrected chi connectivity index (χ0v) is 9.68. The molecule has 0 bridgehead atoms. The fraction of sp³-hybridized carbons (Fsp3) is 0.462. The topological polar surface area (TPSA) is 30.2 Å². The Morgan fingerprint density at radius 2 is 1.93 bits per heavy atom. The summed E-state index contributed by atoms with van der Waals surface area (Å²) < 4.78 is 5.34. The Balaban J connectivity index is 2.81. The summed E-state index contributed by atoms with van der Waals surface area (Å²) in [4.78, 5) is 11.5. The Morgan fingerprint density at radius 1 is 1.27 bits per heavy atom. The van der Waals surface area contributed by atoms with E-state index in [1.54, 1.807) is 0 Å². The monoisotopic (exact) mass is 204 g/mol. The van der Waals surface area contributed by atoms with E-state index in [4.69, 9.17) is 4.42 Å². The Morgan fingerprint density at radius 3 is 2.60 bits per heavy atom. The molecular formula is C13H16O2. The van der Waals surface area contributed by atoms with Crippen LogP contribution in [0.1, 0.15) is 36.3 Å². The zero-order chi connectivity index (χ0) is 11.2. The predicted molar refractivity (Wildman–Crippen MR) is 60.3 cm³/mol. The first-order valence-corrected chi connectivity index (χ1v) is 5.25. The maximum absolute atomic E-state index is 11.5. The van der Waals surface area contributed by atoms with Crippen molar-refractivity contribution in [1.29, 1.82) is 0 Å². The van der Waals surface area contributed by atoms with Gasteiger partial charge in [0.1, 0.15) is 5.76 Å². The number of hydrogen-bond acceptors (Lipinski definition) is 2. The molecule has 0 unspecified atom stereocenters. The number of allylic oxidation sites excluding steroid dienone is 2. The molecule has 2 rings (SSSR count). The highest BCUT2D eigenvalue weighted by atomic mass is 16.4. The van der Waals surface area contributed by atoms with E-state index in [2.05, 4.69) is 26.0 Å². The molecule has 0 fully saturated rings. The van der Waals surface area contributed by atoms with Gasteiger partial charge in [-0.05, 0) is 19.4 Å². The van der Waals surface area contributed by atoms with Crippen molar-refractivity contribution in [2.75, 3.05) is 0 Å². The molecule has 1 aromatic rings. The summed E-state index contributed by atoms with van der Waals surface area (Å²) in [5.74, 6) is 0.829. The lowest BCUT2D eigenvalue weighted by atomic mass is 9.77. The quantitative estimate of drug-likeness (QED) is 0.608. The van der Waals surface area contributed by atoms with Gasteiger partial charge in [-0.25, -0.2) is 4.79 Å². The van der Waals surface area contributed by atoms with Crippen LogP contribution < -0.4 is 5.63 Å². The molecule has 0 aliphatic heterocycles. The molecule has 0 aromatic carbocycles. The van der Waals surface area contributed by atoms with Crippen molar-refractivity contribution in [3.8, 4) is 0 Å². The Hall–Kier alpha value is -1.31. The number of rotatable bonds is 0. The van der Waals surface area contributed by atoms with Crippen LogP contribution in [0, 0.1) is 13.8 Å². The number of fused-ring (bicyclic) bond motifs is 1. The first kappa shape index (κ1) is 10.2. The van der Waals surface area contributed by atoms with E-state index in [0.29, 0.717) is 0 Å². The second-order valence-corrected chi connectivity index (χ2v) is 4.77. The van der Waals surface area contributed by atoms with Crippen LogP contribution in [0.25, 0.3) is 0 Å². The molecule has 15 heavy (non-hydrogen) atoms. The van der Waals surface area contributed by atoms with Crippen molar-refractivity contribution in [2.45, 2.75) is 39.5 Å². The van der Waals surface area contributed by atoms with E-state index in [-0.39, 0.29) is 11.0 Å². The highest BCUT2D eigenvalue weighted by Crippen LogP contribution is 2.34. The first-order valence-electron chi connectivity index (χ1n) is 5.25. The molecule has 2 nitrogen and oxygen atoms in total. The summed E-state index contributed by atoms with van der Waals surface area (Å²) in [6, 6.07) is 0. The summed E-state index contributed by atoms with van der Waals surface area (Å²) in [6.07, 6.45) is 4.98. The lowest BCUT2D eigenvalue weighted by Crippen LogP contribution is -2.24. The third kappa shape index (κ3) is 1.44. The summed E-state index contributed by atoms with van der Waals surface area (Å²) in [5.41, 5.74) is 2.77. The molecule has 0 atom stereocenters. The van der Waals surface area contributed by atoms with Gasteiger partial charge in [-0.3, -0.25) is 0 Å². The fourth-order valence-electron chi connectivity index (χ4n) is 2.32. The summed E-state index contributed by atoms with van der Waals surface area (Å²) in [7, 11) is 0. The smallest absolute Gasteiger partial charge is 0.339 e. The van der Waals surface area contributed by atoms with Crippen LogP contribution in [0.4, 0.5) is 0 Å². The van der Waals surface area contributed by atoms with Gasteiger partial charge < -0.3 is 4.42 Å². The second-order valence-electron chi connectivity index (χ2n) is 4.77. The molecular weight excluding hydrogens is 188 g/mol. The van der Waals surface area contributed by atoms with Gasteiger partial charge in [-0.15, -0.1) is 0 Å². The van der Waals surface area contributed by atoms with Crippen molar-refractivity contribution in [3.05, 3.63) is 45.0 Å². The molecule has 80 valence electrons. The molecule has 0 spiro atoms. The molecule has 1 aromatic heterocycles. The van der Waals surface area contributed by atoms with Crippen LogP contribution in [0.2, 0.25) is 0 Å². The minimum Gasteiger partial charge on any atom is -0.427 e. The lowest BCUT2D eigenvalue weighted by Gasteiger charge is -2.28. The van der Waals surface area contributed by atoms with E-state index in [0.717, 1.165) is 23.3 Å². The highest BCUT2D eigenvalue weighted by Gasteiger charge is 2.28. The fourth-order valence-corrected chi connectivity index (χ4v) is 2.32. The van der Waals surface area contributed by atoms with Crippen LogP contribution in [-0.2, 0) is 11.8 Å². The molecule has 0 saturated heterocycles. The van der Waals surface area contributed by atoms with E-state index in [9.17, 15) is 4.79 Å². The van der Waals surface area contributed by atoms with Gasteiger partial charge in [0.2, 0.25) is 0 Å². The van der Waals surface area contributed by atoms with Crippen molar-refractivity contribution in [2.24, 2.45) is 0 Å². The van der Waals surface area contributed by atoms with E-state index < -0.39 is 0 Å². The Labute approximate surface area is 89.6 Å². The molecule has 1 aliphatic rings. The Bertz CT molecular complexity index is 490. The van der Waals surface area contributed by atoms with Crippen LogP contribution in [0.15, 0.2) is 21.4 Å². The predicted octanol–water partition coefficient (Wildman–Crippen LogP) is 2.65. The maximum atomic E-state index is 11.5. The van der Waals surface area contributed by atoms with Gasteiger partial charge in [-0.1, -0.05) is 26.0 Å². The normalized spacial score (nSPS) is 17.6. The summed E-state index contributed by atoms with van der Waals surface area (Å²) in [6.45, 7) is 8.13. The minimum atomic E-state index is -0.197. The molecule has 0 radical (unpaired) electrons. The zero-order valence-electron chi connectivity index (χ0n) is 9.68. The molecule has 1 aliphatic carbocycles. The van der Waals surface area contributed by atoms with Crippen LogP contribution in [0.5, 0.6) is 0 Å². The molecule has 2 heteroatoms. The minimum absolute atomic E-state index is 0.0281. The van der Waals surface area contributed by atoms with Gasteiger partial charge in [0.05, 0.1) is 0 Å². The van der Waals surface area contributed by atoms with Crippen molar-refractivity contribution in [3.63, 3.8) is 0 Å². The molecule has 1 heterocycles. The third-order valence-corrected chi connectivity index (χ3v) is 3.22. The molecule has 0 amide bonds. The van der Waals surface area contributed by atoms with Crippen molar-refractivity contribution >= 4 is 0 Å². The lowest BCUT2D eigenvalue weighted by molar-refractivity contribution is 0.434. The molecule has 0 N–H and O–H groups in total. The maximum Gasteiger partial charge on any atom is 0.339 e. The van der Waals surface area contributed by atoms with Crippen LogP contribution in [0.3, 0.4) is 0 Å². The average Bonchev–Trinajstić information content (AvgIpc) is 2.12. The van der Waals surface area contributed by atoms with Crippen molar-refractivity contribution < 1.29 is 4.42 Å². The number of hydrogen-bond donors (Lipinski definition) is 0. The SMILES string of the molecule is Cc1c2c(oc(=O)c1C)CC=CC2(C)C. The molecule has 0 saturated carbocycles. The highest BCUT2D eigenvalue weighted by molar-refractivity contribution is 5.44. The first-order chi connectivity index (χ1) is 6.93. The van der Waals surface area contributed by atoms with Gasteiger partial charge in [0, 0.05) is 23.0 Å². The van der Waals surface area contributed by atoms with Crippen LogP contribution in [-0.4, -0.2) is 0 Å². The van der Waals surface area contributed by atoms with E-state index >= 15 is 0 Å². The van der Waals surface area contributed by atoms with E-state index in [1.165, 1.54) is 5.56 Å². The second kappa shape index (κ2) is 3.09. The van der Waals surface area contributed by atoms with E-state index in [1.807, 2.05) is 13.8 Å². The Kier molecular flexibility index (Phi) is 2.10. The van der Waals surface area contributed by atoms with Gasteiger partial charge in [0.15, 0.2) is 0 Å². The summed E-state index contributed by atoms with van der Waals surface area (Å²) in [5, 5.41) is 0. The standard InChI is InChI=1S/C13H16O2/c1-8-9(2)12(14)15-10-6-5-7-13(3,4)11(8)10/h5,7H,6H2,1-4H3.